The van der Waals surface area contributed by atoms with Gasteiger partial charge in [-0.25, -0.2) is 0 Å². The summed E-state index contributed by atoms with van der Waals surface area (Å²) in [5, 5.41) is 6.76. The zero-order chi connectivity index (χ0) is 22.8. The molecule has 6 heteroatoms. The molecule has 0 spiro atoms. The average Bonchev–Trinajstić information content (AvgIpc) is 3.08. The van der Waals surface area contributed by atoms with Crippen LogP contribution in [-0.4, -0.2) is 55.9 Å². The van der Waals surface area contributed by atoms with Gasteiger partial charge in [0.15, 0.2) is 5.96 Å². The average molecular weight is 436 g/mol. The van der Waals surface area contributed by atoms with Crippen LogP contribution in [0.1, 0.15) is 52.7 Å². The van der Waals surface area contributed by atoms with Crippen molar-refractivity contribution < 1.29 is 4.79 Å². The molecule has 6 nitrogen and oxygen atoms in total. The summed E-state index contributed by atoms with van der Waals surface area (Å²) in [7, 11) is 5.31. The molecular formula is C26H37N5O. The van der Waals surface area contributed by atoms with Gasteiger partial charge in [-0.3, -0.25) is 14.7 Å². The highest BCUT2D eigenvalue weighted by atomic mass is 16.2. The van der Waals surface area contributed by atoms with Crippen LogP contribution < -0.4 is 10.6 Å². The summed E-state index contributed by atoms with van der Waals surface area (Å²) >= 11 is 0. The first kappa shape index (κ1) is 23.8. The molecule has 0 radical (unpaired) electrons. The van der Waals surface area contributed by atoms with Gasteiger partial charge in [-0.2, -0.15) is 0 Å². The number of carbonyl (C=O) groups excluding carboxylic acids is 1. The third-order valence-electron chi connectivity index (χ3n) is 5.85. The Bertz CT molecular complexity index is 883. The van der Waals surface area contributed by atoms with Crippen molar-refractivity contribution in [3.8, 4) is 0 Å². The molecule has 3 rings (SSSR count). The molecule has 1 aliphatic rings. The highest BCUT2D eigenvalue weighted by Crippen LogP contribution is 2.14. The van der Waals surface area contributed by atoms with Crippen LogP contribution in [0.15, 0.2) is 53.5 Å². The molecule has 0 unspecified atom stereocenters. The quantitative estimate of drug-likeness (QED) is 0.515. The fourth-order valence-corrected chi connectivity index (χ4v) is 4.01. The maximum atomic E-state index is 12.0. The summed E-state index contributed by atoms with van der Waals surface area (Å²) in [5.74, 6) is 0.774. The Kier molecular flexibility index (Phi) is 9.11. The second-order valence-electron chi connectivity index (χ2n) is 8.69. The Morgan fingerprint density at radius 1 is 0.906 bits per heavy atom. The van der Waals surface area contributed by atoms with E-state index in [-0.39, 0.29) is 5.91 Å². The van der Waals surface area contributed by atoms with E-state index in [0.29, 0.717) is 12.1 Å². The van der Waals surface area contributed by atoms with Crippen molar-refractivity contribution >= 4 is 11.9 Å². The van der Waals surface area contributed by atoms with Gasteiger partial charge in [0.2, 0.25) is 0 Å². The number of hydrogen-bond donors (Lipinski definition) is 2. The van der Waals surface area contributed by atoms with Crippen molar-refractivity contribution in [2.24, 2.45) is 4.99 Å². The Balaban J connectivity index is 1.48. The molecule has 32 heavy (non-hydrogen) atoms. The van der Waals surface area contributed by atoms with Gasteiger partial charge in [0.1, 0.15) is 0 Å². The molecule has 0 aromatic heterocycles. The number of rotatable bonds is 7. The van der Waals surface area contributed by atoms with E-state index in [0.717, 1.165) is 24.6 Å². The molecule has 1 heterocycles. The van der Waals surface area contributed by atoms with E-state index in [1.165, 1.54) is 49.9 Å². The lowest BCUT2D eigenvalue weighted by Crippen LogP contribution is -2.36. The van der Waals surface area contributed by atoms with Crippen molar-refractivity contribution in [1.82, 2.24) is 20.4 Å². The second-order valence-corrected chi connectivity index (χ2v) is 8.69. The zero-order valence-corrected chi connectivity index (χ0v) is 19.7. The summed E-state index contributed by atoms with van der Waals surface area (Å²) in [6.45, 7) is 4.83. The van der Waals surface area contributed by atoms with Crippen molar-refractivity contribution in [2.45, 2.75) is 45.3 Å². The zero-order valence-electron chi connectivity index (χ0n) is 19.7. The number of hydrogen-bond acceptors (Lipinski definition) is 3. The van der Waals surface area contributed by atoms with Crippen molar-refractivity contribution in [2.75, 3.05) is 34.2 Å². The third-order valence-corrected chi connectivity index (χ3v) is 5.85. The molecule has 0 aliphatic carbocycles. The normalized spacial score (nSPS) is 15.2. The molecule has 0 bridgehead atoms. The summed E-state index contributed by atoms with van der Waals surface area (Å²) in [5.41, 5.74) is 4.43. The summed E-state index contributed by atoms with van der Waals surface area (Å²) in [4.78, 5) is 20.5. The number of carbonyl (C=O) groups is 1. The fraction of sp³-hybridized carbons (Fsp3) is 0.462. The van der Waals surface area contributed by atoms with Crippen molar-refractivity contribution in [3.05, 3.63) is 70.8 Å². The van der Waals surface area contributed by atoms with E-state index < -0.39 is 0 Å². The van der Waals surface area contributed by atoms with E-state index in [9.17, 15) is 4.79 Å². The first-order valence-corrected chi connectivity index (χ1v) is 11.6. The van der Waals surface area contributed by atoms with E-state index >= 15 is 0 Å². The van der Waals surface area contributed by atoms with E-state index in [2.05, 4.69) is 44.8 Å². The predicted octanol–water partition coefficient (Wildman–Crippen LogP) is 3.63. The molecular weight excluding hydrogens is 398 g/mol. The summed E-state index contributed by atoms with van der Waals surface area (Å²) < 4.78 is 0. The molecule has 0 saturated carbocycles. The van der Waals surface area contributed by atoms with Gasteiger partial charge in [0, 0.05) is 46.3 Å². The Hall–Kier alpha value is -2.86. The monoisotopic (exact) mass is 435 g/mol. The first-order valence-electron chi connectivity index (χ1n) is 11.6. The summed E-state index contributed by atoms with van der Waals surface area (Å²) in [6.07, 6.45) is 5.37. The lowest BCUT2D eigenvalue weighted by Gasteiger charge is -2.20. The second kappa shape index (κ2) is 12.2. The van der Waals surface area contributed by atoms with Crippen LogP contribution in [-0.2, 0) is 19.6 Å². The van der Waals surface area contributed by atoms with Gasteiger partial charge in [-0.1, -0.05) is 49.2 Å². The maximum Gasteiger partial charge on any atom is 0.253 e. The number of guanidine groups is 1. The lowest BCUT2D eigenvalue weighted by atomic mass is 10.1. The predicted molar refractivity (Wildman–Crippen MR) is 132 cm³/mol. The SMILES string of the molecule is CN=C(NCc1ccc(C(=O)N(C)C)cc1)NCc1cccc(CN2CCCCCC2)c1. The minimum Gasteiger partial charge on any atom is -0.352 e. The maximum absolute atomic E-state index is 12.0. The first-order chi connectivity index (χ1) is 15.5. The largest absolute Gasteiger partial charge is 0.352 e. The molecule has 172 valence electrons. The fourth-order valence-electron chi connectivity index (χ4n) is 4.01. The van der Waals surface area contributed by atoms with Crippen LogP contribution in [0.5, 0.6) is 0 Å². The van der Waals surface area contributed by atoms with Gasteiger partial charge in [-0.05, 0) is 54.8 Å². The van der Waals surface area contributed by atoms with Crippen LogP contribution in [0.4, 0.5) is 0 Å². The minimum absolute atomic E-state index is 0.0139. The molecule has 2 aromatic rings. The number of nitrogens with zero attached hydrogens (tertiary/aromatic N) is 3. The molecule has 2 aromatic carbocycles. The molecule has 1 fully saturated rings. The Morgan fingerprint density at radius 3 is 2.16 bits per heavy atom. The summed E-state index contributed by atoms with van der Waals surface area (Å²) in [6, 6.07) is 16.5. The molecule has 1 aliphatic heterocycles. The van der Waals surface area contributed by atoms with Gasteiger partial charge >= 0.3 is 0 Å². The number of likely N-dealkylation sites (tertiary alicyclic amines) is 1. The van der Waals surface area contributed by atoms with Crippen LogP contribution in [0.3, 0.4) is 0 Å². The van der Waals surface area contributed by atoms with Crippen LogP contribution in [0, 0.1) is 0 Å². The highest BCUT2D eigenvalue weighted by molar-refractivity contribution is 5.93. The van der Waals surface area contributed by atoms with Crippen molar-refractivity contribution in [1.29, 1.82) is 0 Å². The standard InChI is InChI=1S/C26H37N5O/c1-27-26(28-18-21-11-13-24(14-12-21)25(32)30(2)3)29-19-22-9-8-10-23(17-22)20-31-15-6-4-5-7-16-31/h8-14,17H,4-7,15-16,18-20H2,1-3H3,(H2,27,28,29). The molecule has 0 atom stereocenters. The number of amides is 1. The molecule has 1 saturated heterocycles. The Labute approximate surface area is 192 Å². The number of aliphatic imine (C=N–C) groups is 1. The highest BCUT2D eigenvalue weighted by Gasteiger charge is 2.10. The van der Waals surface area contributed by atoms with Crippen LogP contribution in [0.25, 0.3) is 0 Å². The van der Waals surface area contributed by atoms with Crippen LogP contribution in [0.2, 0.25) is 0 Å². The molecule has 2 N–H and O–H groups in total. The van der Waals surface area contributed by atoms with E-state index in [1.54, 1.807) is 26.0 Å². The van der Waals surface area contributed by atoms with Crippen molar-refractivity contribution in [3.63, 3.8) is 0 Å². The molecule has 1 amide bonds. The number of nitrogens with one attached hydrogen (secondary N) is 2. The third kappa shape index (κ3) is 7.38. The lowest BCUT2D eigenvalue weighted by molar-refractivity contribution is 0.0827. The van der Waals surface area contributed by atoms with Gasteiger partial charge in [-0.15, -0.1) is 0 Å². The number of benzene rings is 2. The topological polar surface area (TPSA) is 60.0 Å². The van der Waals surface area contributed by atoms with Crippen LogP contribution >= 0.6 is 0 Å². The van der Waals surface area contributed by atoms with E-state index in [4.69, 9.17) is 0 Å². The smallest absolute Gasteiger partial charge is 0.253 e. The van der Waals surface area contributed by atoms with E-state index in [1.807, 2.05) is 24.3 Å². The van der Waals surface area contributed by atoms with Gasteiger partial charge < -0.3 is 15.5 Å². The Morgan fingerprint density at radius 2 is 1.53 bits per heavy atom. The minimum atomic E-state index is 0.0139. The van der Waals surface area contributed by atoms with Gasteiger partial charge in [0.05, 0.1) is 0 Å². The van der Waals surface area contributed by atoms with Gasteiger partial charge in [0.25, 0.3) is 5.91 Å².